The van der Waals surface area contributed by atoms with Gasteiger partial charge >= 0.3 is 0 Å². The molecular weight excluding hydrogens is 512 g/mol. The summed E-state index contributed by atoms with van der Waals surface area (Å²) in [5.74, 6) is 3.98. The first-order valence-corrected chi connectivity index (χ1v) is 12.9. The predicted octanol–water partition coefficient (Wildman–Crippen LogP) is 6.65. The molecule has 0 radical (unpaired) electrons. The van der Waals surface area contributed by atoms with Gasteiger partial charge in [0.1, 0.15) is 6.61 Å². The Kier molecular flexibility index (Phi) is 8.02. The van der Waals surface area contributed by atoms with Gasteiger partial charge in [0.2, 0.25) is 0 Å². The number of terminal acetylenes is 1. The molecule has 2 aromatic rings. The molecule has 2 aromatic carbocycles. The molecule has 1 saturated carbocycles. The Hall–Kier alpha value is -2.69. The van der Waals surface area contributed by atoms with Crippen LogP contribution in [0.2, 0.25) is 0 Å². The summed E-state index contributed by atoms with van der Waals surface area (Å²) in [6.07, 6.45) is 11.7. The minimum atomic E-state index is 0.00109. The molecule has 7 heteroatoms. The first-order valence-electron chi connectivity index (χ1n) is 11.3. The van der Waals surface area contributed by atoms with Crippen molar-refractivity contribution in [1.82, 2.24) is 4.90 Å². The number of amides is 1. The number of aliphatic imine (C=N–C) groups is 1. The molecule has 0 unspecified atom stereocenters. The van der Waals surface area contributed by atoms with Gasteiger partial charge in [-0.3, -0.25) is 9.69 Å². The SMILES string of the molecule is C#CCOc1c(Br)cc(/C=C2\SC(=Nc3ccccc3)N([C@H]3CCCC[C@H]3C)C2=O)cc1OC. The Labute approximate surface area is 213 Å². The number of ether oxygens (including phenoxy) is 2. The number of carbonyl (C=O) groups is 1. The Morgan fingerprint density at radius 2 is 2.03 bits per heavy atom. The molecule has 1 heterocycles. The lowest BCUT2D eigenvalue weighted by molar-refractivity contribution is -0.124. The molecule has 0 N–H and O–H groups in total. The van der Waals surface area contributed by atoms with Gasteiger partial charge < -0.3 is 9.47 Å². The summed E-state index contributed by atoms with van der Waals surface area (Å²) in [5, 5.41) is 0.737. The van der Waals surface area contributed by atoms with E-state index in [0.29, 0.717) is 26.8 Å². The number of hydrogen-bond donors (Lipinski definition) is 0. The summed E-state index contributed by atoms with van der Waals surface area (Å²) in [6, 6.07) is 13.7. The molecule has 0 bridgehead atoms. The lowest BCUT2D eigenvalue weighted by Gasteiger charge is -2.35. The molecule has 1 aliphatic heterocycles. The van der Waals surface area contributed by atoms with Crippen molar-refractivity contribution in [3.05, 3.63) is 57.4 Å². The van der Waals surface area contributed by atoms with Crippen LogP contribution in [-0.2, 0) is 4.79 Å². The number of carbonyl (C=O) groups excluding carboxylic acids is 1. The second-order valence-electron chi connectivity index (χ2n) is 8.37. The Bertz CT molecular complexity index is 1160. The van der Waals surface area contributed by atoms with Crippen LogP contribution in [0, 0.1) is 18.3 Å². The smallest absolute Gasteiger partial charge is 0.267 e. The van der Waals surface area contributed by atoms with Crippen molar-refractivity contribution in [2.75, 3.05) is 13.7 Å². The Morgan fingerprint density at radius 1 is 1.26 bits per heavy atom. The highest BCUT2D eigenvalue weighted by Gasteiger charge is 2.41. The van der Waals surface area contributed by atoms with E-state index in [1.54, 1.807) is 7.11 Å². The van der Waals surface area contributed by atoms with Gasteiger partial charge in [0.05, 0.1) is 22.2 Å². The molecule has 5 nitrogen and oxygen atoms in total. The summed E-state index contributed by atoms with van der Waals surface area (Å²) < 4.78 is 11.8. The highest BCUT2D eigenvalue weighted by Crippen LogP contribution is 2.42. The predicted molar refractivity (Wildman–Crippen MR) is 142 cm³/mol. The van der Waals surface area contributed by atoms with Crippen molar-refractivity contribution in [3.8, 4) is 23.8 Å². The average Bonchev–Trinajstić information content (AvgIpc) is 3.13. The summed E-state index contributed by atoms with van der Waals surface area (Å²) in [6.45, 7) is 2.37. The van der Waals surface area contributed by atoms with Crippen LogP contribution in [0.5, 0.6) is 11.5 Å². The first-order chi connectivity index (χ1) is 16.5. The van der Waals surface area contributed by atoms with E-state index in [0.717, 1.165) is 35.7 Å². The molecule has 0 aromatic heterocycles. The highest BCUT2D eigenvalue weighted by atomic mass is 79.9. The minimum absolute atomic E-state index is 0.00109. The average molecular weight is 539 g/mol. The van der Waals surface area contributed by atoms with E-state index in [1.807, 2.05) is 53.4 Å². The van der Waals surface area contributed by atoms with Crippen molar-refractivity contribution < 1.29 is 14.3 Å². The monoisotopic (exact) mass is 538 g/mol. The number of benzene rings is 2. The molecule has 1 aliphatic carbocycles. The van der Waals surface area contributed by atoms with Gasteiger partial charge in [-0.05, 0) is 82.4 Å². The lowest BCUT2D eigenvalue weighted by atomic mass is 9.85. The van der Waals surface area contributed by atoms with E-state index in [4.69, 9.17) is 20.9 Å². The van der Waals surface area contributed by atoms with Gasteiger partial charge in [-0.1, -0.05) is 43.9 Å². The number of methoxy groups -OCH3 is 1. The van der Waals surface area contributed by atoms with Crippen LogP contribution in [0.1, 0.15) is 38.2 Å². The maximum atomic E-state index is 13.7. The second kappa shape index (κ2) is 11.2. The molecule has 4 rings (SSSR count). The lowest BCUT2D eigenvalue weighted by Crippen LogP contribution is -2.44. The van der Waals surface area contributed by atoms with E-state index in [-0.39, 0.29) is 18.6 Å². The molecule has 2 aliphatic rings. The molecule has 0 spiro atoms. The molecule has 2 atom stereocenters. The van der Waals surface area contributed by atoms with E-state index < -0.39 is 0 Å². The van der Waals surface area contributed by atoms with Crippen LogP contribution < -0.4 is 9.47 Å². The number of nitrogens with zero attached hydrogens (tertiary/aromatic N) is 2. The number of para-hydroxylation sites is 1. The molecule has 1 amide bonds. The van der Waals surface area contributed by atoms with Gasteiger partial charge in [0.25, 0.3) is 5.91 Å². The number of rotatable bonds is 6. The van der Waals surface area contributed by atoms with Crippen molar-refractivity contribution in [1.29, 1.82) is 0 Å². The number of hydrogen-bond acceptors (Lipinski definition) is 5. The zero-order valence-electron chi connectivity index (χ0n) is 19.3. The van der Waals surface area contributed by atoms with Crippen molar-refractivity contribution in [3.63, 3.8) is 0 Å². The number of halogens is 1. The molecular formula is C27H27BrN2O3S. The zero-order chi connectivity index (χ0) is 24.1. The largest absolute Gasteiger partial charge is 0.493 e. The maximum Gasteiger partial charge on any atom is 0.267 e. The summed E-state index contributed by atoms with van der Waals surface area (Å²) in [4.78, 5) is 21.1. The van der Waals surface area contributed by atoms with Crippen molar-refractivity contribution in [2.24, 2.45) is 10.9 Å². The van der Waals surface area contributed by atoms with Crippen molar-refractivity contribution in [2.45, 2.75) is 38.6 Å². The van der Waals surface area contributed by atoms with Crippen LogP contribution in [0.15, 0.2) is 56.8 Å². The third kappa shape index (κ3) is 5.34. The molecule has 1 saturated heterocycles. The minimum Gasteiger partial charge on any atom is -0.493 e. The Morgan fingerprint density at radius 3 is 2.74 bits per heavy atom. The highest BCUT2D eigenvalue weighted by molar-refractivity contribution is 9.10. The normalized spacial score (nSPS) is 22.8. The topological polar surface area (TPSA) is 51.1 Å². The molecule has 176 valence electrons. The van der Waals surface area contributed by atoms with Gasteiger partial charge in [0, 0.05) is 6.04 Å². The van der Waals surface area contributed by atoms with Crippen LogP contribution in [0.3, 0.4) is 0 Å². The number of thioether (sulfide) groups is 1. The number of amidine groups is 1. The summed E-state index contributed by atoms with van der Waals surface area (Å²) in [5.41, 5.74) is 1.66. The van der Waals surface area contributed by atoms with E-state index in [9.17, 15) is 4.79 Å². The van der Waals surface area contributed by atoms with E-state index >= 15 is 0 Å². The second-order valence-corrected chi connectivity index (χ2v) is 10.2. The fourth-order valence-electron chi connectivity index (χ4n) is 4.38. The standard InChI is InChI=1S/C27H27BrN2O3S/c1-4-14-33-25-21(28)15-19(16-23(25)32-3)17-24-26(31)30(22-13-9-8-10-18(22)2)27(34-24)29-20-11-6-5-7-12-20/h1,5-7,11-12,15-18,22H,8-10,13-14H2,2-3H3/b24-17-,29-27?/t18-,22+/m1/s1. The zero-order valence-corrected chi connectivity index (χ0v) is 21.7. The van der Waals surface area contributed by atoms with Gasteiger partial charge in [-0.15, -0.1) is 6.42 Å². The third-order valence-electron chi connectivity index (χ3n) is 6.07. The van der Waals surface area contributed by atoms with E-state index in [2.05, 4.69) is 28.8 Å². The van der Waals surface area contributed by atoms with Crippen molar-refractivity contribution >= 4 is 50.5 Å². The van der Waals surface area contributed by atoms with Crippen LogP contribution in [0.25, 0.3) is 6.08 Å². The fourth-order valence-corrected chi connectivity index (χ4v) is 6.00. The van der Waals surface area contributed by atoms with Gasteiger partial charge in [-0.2, -0.15) is 0 Å². The summed E-state index contributed by atoms with van der Waals surface area (Å²) in [7, 11) is 1.58. The van der Waals surface area contributed by atoms with Crippen LogP contribution >= 0.6 is 27.7 Å². The van der Waals surface area contributed by atoms with Gasteiger partial charge in [0.15, 0.2) is 16.7 Å². The van der Waals surface area contributed by atoms with Crippen LogP contribution in [-0.4, -0.2) is 35.7 Å². The van der Waals surface area contributed by atoms with Gasteiger partial charge in [-0.25, -0.2) is 4.99 Å². The maximum absolute atomic E-state index is 13.7. The first kappa shape index (κ1) is 24.4. The van der Waals surface area contributed by atoms with Crippen LogP contribution in [0.4, 0.5) is 5.69 Å². The summed E-state index contributed by atoms with van der Waals surface area (Å²) >= 11 is 4.97. The fraction of sp³-hybridized carbons (Fsp3) is 0.333. The molecule has 2 fully saturated rings. The Balaban J connectivity index is 1.71. The third-order valence-corrected chi connectivity index (χ3v) is 7.64. The quantitative estimate of drug-likeness (QED) is 0.305. The molecule has 34 heavy (non-hydrogen) atoms. The van der Waals surface area contributed by atoms with E-state index in [1.165, 1.54) is 18.2 Å².